The highest BCUT2D eigenvalue weighted by molar-refractivity contribution is 5.88. The molecule has 2 unspecified atom stereocenters. The van der Waals surface area contributed by atoms with Gasteiger partial charge in [0.15, 0.2) is 0 Å². The summed E-state index contributed by atoms with van der Waals surface area (Å²) in [5.74, 6) is 2.57. The first kappa shape index (κ1) is 22.8. The molecule has 0 spiro atoms. The molecule has 3 aromatic rings. The van der Waals surface area contributed by atoms with Gasteiger partial charge in [-0.1, -0.05) is 37.8 Å². The number of furan rings is 1. The van der Waals surface area contributed by atoms with Crippen molar-refractivity contribution in [3.8, 4) is 11.3 Å². The molecule has 1 fully saturated rings. The quantitative estimate of drug-likeness (QED) is 0.417. The van der Waals surface area contributed by atoms with E-state index in [0.717, 1.165) is 40.2 Å². The SMILES string of the molecule is CCC(NC1CCCCC1)C(CNc1nc2ccc(C)cc2cc1-c1ccc(C)o1)OC. The van der Waals surface area contributed by atoms with Gasteiger partial charge in [-0.15, -0.1) is 0 Å². The van der Waals surface area contributed by atoms with E-state index >= 15 is 0 Å². The number of nitrogens with zero attached hydrogens (tertiary/aromatic N) is 1. The van der Waals surface area contributed by atoms with E-state index < -0.39 is 0 Å². The van der Waals surface area contributed by atoms with Crippen LogP contribution in [0, 0.1) is 13.8 Å². The third kappa shape index (κ3) is 5.33. The number of hydrogen-bond acceptors (Lipinski definition) is 5. The molecule has 172 valence electrons. The van der Waals surface area contributed by atoms with Crippen molar-refractivity contribution in [2.24, 2.45) is 0 Å². The van der Waals surface area contributed by atoms with E-state index in [1.165, 1.54) is 37.7 Å². The molecule has 1 aliphatic carbocycles. The maximum atomic E-state index is 5.97. The van der Waals surface area contributed by atoms with Gasteiger partial charge in [0.1, 0.15) is 17.3 Å². The molecule has 2 N–H and O–H groups in total. The van der Waals surface area contributed by atoms with Crippen LogP contribution in [0.25, 0.3) is 22.2 Å². The number of aromatic nitrogens is 1. The number of pyridine rings is 1. The van der Waals surface area contributed by atoms with Crippen molar-refractivity contribution in [3.05, 3.63) is 47.7 Å². The minimum absolute atomic E-state index is 0.0589. The molecule has 4 rings (SSSR count). The van der Waals surface area contributed by atoms with Gasteiger partial charge in [0, 0.05) is 31.1 Å². The first-order chi connectivity index (χ1) is 15.6. The highest BCUT2D eigenvalue weighted by atomic mass is 16.5. The zero-order chi connectivity index (χ0) is 22.5. The summed E-state index contributed by atoms with van der Waals surface area (Å²) in [6.45, 7) is 7.00. The lowest BCUT2D eigenvalue weighted by molar-refractivity contribution is 0.0699. The van der Waals surface area contributed by atoms with Gasteiger partial charge >= 0.3 is 0 Å². The average Bonchev–Trinajstić information content (AvgIpc) is 3.24. The molecule has 1 saturated carbocycles. The van der Waals surface area contributed by atoms with E-state index in [4.69, 9.17) is 14.1 Å². The van der Waals surface area contributed by atoms with Gasteiger partial charge in [-0.2, -0.15) is 0 Å². The van der Waals surface area contributed by atoms with Crippen molar-refractivity contribution in [2.75, 3.05) is 19.0 Å². The lowest BCUT2D eigenvalue weighted by Crippen LogP contribution is -2.49. The molecule has 1 aromatic carbocycles. The largest absolute Gasteiger partial charge is 0.461 e. The van der Waals surface area contributed by atoms with Crippen LogP contribution in [0.5, 0.6) is 0 Å². The van der Waals surface area contributed by atoms with Crippen molar-refractivity contribution in [1.82, 2.24) is 10.3 Å². The van der Waals surface area contributed by atoms with Crippen LogP contribution in [0.1, 0.15) is 56.8 Å². The van der Waals surface area contributed by atoms with E-state index in [1.54, 1.807) is 0 Å². The number of nitrogens with one attached hydrogen (secondary N) is 2. The number of benzene rings is 1. The Morgan fingerprint density at radius 2 is 1.91 bits per heavy atom. The average molecular weight is 436 g/mol. The molecule has 1 aliphatic rings. The standard InChI is InChI=1S/C27H37N3O2/c1-5-23(29-21-9-7-6-8-10-21)26(31-4)17-28-27-22(25-14-12-19(3)32-25)16-20-15-18(2)11-13-24(20)30-27/h11-16,21,23,26,29H,5-10,17H2,1-4H3,(H,28,30). The fourth-order valence-corrected chi connectivity index (χ4v) is 4.84. The lowest BCUT2D eigenvalue weighted by Gasteiger charge is -2.32. The van der Waals surface area contributed by atoms with Crippen LogP contribution in [0.15, 0.2) is 40.8 Å². The van der Waals surface area contributed by atoms with Gasteiger partial charge in [0.25, 0.3) is 0 Å². The maximum absolute atomic E-state index is 5.97. The van der Waals surface area contributed by atoms with Crippen LogP contribution in [0.4, 0.5) is 5.82 Å². The Kier molecular flexibility index (Phi) is 7.48. The fourth-order valence-electron chi connectivity index (χ4n) is 4.84. The van der Waals surface area contributed by atoms with Gasteiger partial charge in [-0.05, 0) is 63.4 Å². The molecule has 0 saturated heterocycles. The van der Waals surface area contributed by atoms with E-state index in [-0.39, 0.29) is 6.10 Å². The molecule has 0 amide bonds. The van der Waals surface area contributed by atoms with Crippen LogP contribution < -0.4 is 10.6 Å². The number of anilines is 1. The van der Waals surface area contributed by atoms with Gasteiger partial charge in [-0.25, -0.2) is 4.98 Å². The predicted molar refractivity (Wildman–Crippen MR) is 132 cm³/mol. The Labute approximate surface area is 192 Å². The molecule has 0 aliphatic heterocycles. The summed E-state index contributed by atoms with van der Waals surface area (Å²) < 4.78 is 11.9. The van der Waals surface area contributed by atoms with Crippen LogP contribution >= 0.6 is 0 Å². The summed E-state index contributed by atoms with van der Waals surface area (Å²) in [5.41, 5.74) is 3.19. The Bertz CT molecular complexity index is 1020. The molecular formula is C27H37N3O2. The molecule has 0 bridgehead atoms. The highest BCUT2D eigenvalue weighted by Gasteiger charge is 2.24. The molecule has 5 nitrogen and oxygen atoms in total. The summed E-state index contributed by atoms with van der Waals surface area (Å²) in [4.78, 5) is 4.96. The molecular weight excluding hydrogens is 398 g/mol. The number of fused-ring (bicyclic) bond motifs is 1. The number of methoxy groups -OCH3 is 1. The summed E-state index contributed by atoms with van der Waals surface area (Å²) in [7, 11) is 1.81. The second kappa shape index (κ2) is 10.5. The van der Waals surface area contributed by atoms with Gasteiger partial charge in [0.2, 0.25) is 0 Å². The zero-order valence-corrected chi connectivity index (χ0v) is 19.9. The first-order valence-corrected chi connectivity index (χ1v) is 12.1. The van der Waals surface area contributed by atoms with Crippen molar-refractivity contribution < 1.29 is 9.15 Å². The number of aryl methyl sites for hydroxylation is 2. The molecule has 2 atom stereocenters. The molecule has 32 heavy (non-hydrogen) atoms. The van der Waals surface area contributed by atoms with E-state index in [1.807, 2.05) is 26.2 Å². The molecule has 5 heteroatoms. The summed E-state index contributed by atoms with van der Waals surface area (Å²) in [6, 6.07) is 13.5. The van der Waals surface area contributed by atoms with Crippen LogP contribution in [-0.4, -0.2) is 36.8 Å². The van der Waals surface area contributed by atoms with E-state index in [0.29, 0.717) is 18.6 Å². The molecule has 2 aromatic heterocycles. The van der Waals surface area contributed by atoms with E-state index in [9.17, 15) is 0 Å². The molecule has 2 heterocycles. The lowest BCUT2D eigenvalue weighted by atomic mass is 9.94. The van der Waals surface area contributed by atoms with Gasteiger partial charge < -0.3 is 19.8 Å². The first-order valence-electron chi connectivity index (χ1n) is 12.1. The van der Waals surface area contributed by atoms with Crippen LogP contribution in [0.2, 0.25) is 0 Å². The van der Waals surface area contributed by atoms with Gasteiger partial charge in [-0.3, -0.25) is 0 Å². The van der Waals surface area contributed by atoms with E-state index in [2.05, 4.69) is 48.7 Å². The molecule has 0 radical (unpaired) electrons. The zero-order valence-electron chi connectivity index (χ0n) is 19.9. The smallest absolute Gasteiger partial charge is 0.137 e. The Morgan fingerprint density at radius 1 is 1.09 bits per heavy atom. The number of ether oxygens (including phenoxy) is 1. The third-order valence-electron chi connectivity index (χ3n) is 6.69. The minimum Gasteiger partial charge on any atom is -0.461 e. The Balaban J connectivity index is 1.56. The third-order valence-corrected chi connectivity index (χ3v) is 6.69. The number of rotatable bonds is 9. The fraction of sp³-hybridized carbons (Fsp3) is 0.519. The number of hydrogen-bond donors (Lipinski definition) is 2. The normalized spacial score (nSPS) is 16.9. The summed E-state index contributed by atoms with van der Waals surface area (Å²) in [6.07, 6.45) is 7.66. The summed E-state index contributed by atoms with van der Waals surface area (Å²) >= 11 is 0. The monoisotopic (exact) mass is 435 g/mol. The topological polar surface area (TPSA) is 59.3 Å². The summed E-state index contributed by atoms with van der Waals surface area (Å²) in [5, 5.41) is 8.59. The second-order valence-corrected chi connectivity index (χ2v) is 9.16. The predicted octanol–water partition coefficient (Wildman–Crippen LogP) is 6.24. The van der Waals surface area contributed by atoms with Gasteiger partial charge in [0.05, 0.1) is 17.2 Å². The van der Waals surface area contributed by atoms with Crippen LogP contribution in [0.3, 0.4) is 0 Å². The van der Waals surface area contributed by atoms with Crippen molar-refractivity contribution >= 4 is 16.7 Å². The Morgan fingerprint density at radius 3 is 2.59 bits per heavy atom. The second-order valence-electron chi connectivity index (χ2n) is 9.16. The van der Waals surface area contributed by atoms with Crippen molar-refractivity contribution in [3.63, 3.8) is 0 Å². The minimum atomic E-state index is 0.0589. The maximum Gasteiger partial charge on any atom is 0.137 e. The van der Waals surface area contributed by atoms with Crippen LogP contribution in [-0.2, 0) is 4.74 Å². The van der Waals surface area contributed by atoms with Crippen molar-refractivity contribution in [2.45, 2.75) is 77.5 Å². The Hall–Kier alpha value is -2.37. The highest BCUT2D eigenvalue weighted by Crippen LogP contribution is 2.32. The van der Waals surface area contributed by atoms with Crippen molar-refractivity contribution in [1.29, 1.82) is 0 Å².